The van der Waals surface area contributed by atoms with Crippen molar-refractivity contribution in [3.63, 3.8) is 0 Å². The Labute approximate surface area is 152 Å². The quantitative estimate of drug-likeness (QED) is 0.515. The monoisotopic (exact) mass is 359 g/mol. The van der Waals surface area contributed by atoms with E-state index in [4.69, 9.17) is 0 Å². The van der Waals surface area contributed by atoms with Crippen molar-refractivity contribution in [3.8, 4) is 11.1 Å². The first-order valence-corrected chi connectivity index (χ1v) is 9.81. The Morgan fingerprint density at radius 1 is 0.769 bits per heavy atom. The summed E-state index contributed by atoms with van der Waals surface area (Å²) in [6, 6.07) is 25.8. The lowest BCUT2D eigenvalue weighted by Gasteiger charge is -2.11. The van der Waals surface area contributed by atoms with Gasteiger partial charge in [-0.3, -0.25) is 0 Å². The molecule has 0 fully saturated rings. The Bertz CT molecular complexity index is 1180. The summed E-state index contributed by atoms with van der Waals surface area (Å²) < 4.78 is 26.1. The van der Waals surface area contributed by atoms with Gasteiger partial charge in [0.15, 0.2) is 5.03 Å². The van der Waals surface area contributed by atoms with Gasteiger partial charge in [-0.2, -0.15) is 0 Å². The largest absolute Gasteiger partial charge is 0.236 e. The molecule has 0 spiro atoms. The number of aromatic nitrogens is 1. The highest BCUT2D eigenvalue weighted by atomic mass is 32.2. The Morgan fingerprint density at radius 2 is 1.42 bits per heavy atom. The molecule has 1 aromatic heterocycles. The molecule has 0 N–H and O–H groups in total. The van der Waals surface area contributed by atoms with E-state index in [2.05, 4.69) is 4.98 Å². The van der Waals surface area contributed by atoms with Crippen LogP contribution in [-0.4, -0.2) is 13.4 Å². The van der Waals surface area contributed by atoms with Gasteiger partial charge in [0.2, 0.25) is 9.84 Å². The van der Waals surface area contributed by atoms with Gasteiger partial charge in [-0.05, 0) is 48.4 Å². The average molecular weight is 359 g/mol. The fourth-order valence-electron chi connectivity index (χ4n) is 3.03. The minimum absolute atomic E-state index is 0.0684. The van der Waals surface area contributed by atoms with Crippen LogP contribution in [0.4, 0.5) is 0 Å². The van der Waals surface area contributed by atoms with Crippen molar-refractivity contribution in [2.45, 2.75) is 16.8 Å². The zero-order chi connectivity index (χ0) is 18.1. The van der Waals surface area contributed by atoms with Crippen molar-refractivity contribution >= 4 is 20.7 Å². The molecule has 3 aromatic carbocycles. The highest BCUT2D eigenvalue weighted by Crippen LogP contribution is 2.32. The normalized spacial score (nSPS) is 11.6. The van der Waals surface area contributed by atoms with Gasteiger partial charge in [0.25, 0.3) is 0 Å². The van der Waals surface area contributed by atoms with Crippen LogP contribution in [-0.2, 0) is 9.84 Å². The predicted octanol–water partition coefficient (Wildman–Crippen LogP) is 5.04. The molecule has 0 aliphatic carbocycles. The van der Waals surface area contributed by atoms with Crippen molar-refractivity contribution in [1.29, 1.82) is 0 Å². The Kier molecular flexibility index (Phi) is 4.05. The number of benzene rings is 3. The van der Waals surface area contributed by atoms with Crippen LogP contribution in [0.15, 0.2) is 94.9 Å². The molecule has 0 radical (unpaired) electrons. The molecule has 0 atom stereocenters. The van der Waals surface area contributed by atoms with Crippen LogP contribution >= 0.6 is 0 Å². The molecule has 0 unspecified atom stereocenters. The molecule has 1 heterocycles. The second-order valence-corrected chi connectivity index (χ2v) is 8.11. The summed E-state index contributed by atoms with van der Waals surface area (Å²) in [6.45, 7) is 2.02. The van der Waals surface area contributed by atoms with Gasteiger partial charge < -0.3 is 0 Å². The van der Waals surface area contributed by atoms with Gasteiger partial charge in [-0.1, -0.05) is 60.2 Å². The van der Waals surface area contributed by atoms with Gasteiger partial charge in [0.05, 0.1) is 10.4 Å². The maximum absolute atomic E-state index is 13.1. The number of pyridine rings is 1. The summed E-state index contributed by atoms with van der Waals surface area (Å²) in [6.07, 6.45) is 0. The van der Waals surface area contributed by atoms with Crippen LogP contribution in [0.25, 0.3) is 22.0 Å². The van der Waals surface area contributed by atoms with E-state index < -0.39 is 9.84 Å². The number of rotatable bonds is 3. The molecule has 0 saturated heterocycles. The topological polar surface area (TPSA) is 47.0 Å². The van der Waals surface area contributed by atoms with Crippen molar-refractivity contribution in [2.24, 2.45) is 0 Å². The Morgan fingerprint density at radius 3 is 2.12 bits per heavy atom. The lowest BCUT2D eigenvalue weighted by Crippen LogP contribution is -2.05. The molecule has 26 heavy (non-hydrogen) atoms. The van der Waals surface area contributed by atoms with Gasteiger partial charge in [-0.15, -0.1) is 0 Å². The van der Waals surface area contributed by atoms with E-state index in [1.54, 1.807) is 36.4 Å². The highest BCUT2D eigenvalue weighted by molar-refractivity contribution is 7.91. The smallest absolute Gasteiger partial charge is 0.223 e. The first kappa shape index (κ1) is 16.5. The number of hydrogen-bond acceptors (Lipinski definition) is 3. The van der Waals surface area contributed by atoms with E-state index in [0.29, 0.717) is 5.52 Å². The van der Waals surface area contributed by atoms with Crippen LogP contribution < -0.4 is 0 Å². The Hall–Kier alpha value is -2.98. The number of fused-ring (bicyclic) bond motifs is 1. The summed E-state index contributed by atoms with van der Waals surface area (Å²) in [4.78, 5) is 4.71. The van der Waals surface area contributed by atoms with Crippen LogP contribution in [0, 0.1) is 6.92 Å². The van der Waals surface area contributed by atoms with E-state index in [0.717, 1.165) is 22.1 Å². The SMILES string of the molecule is Cc1ccc2nc(S(=O)(=O)c3ccccc3)cc(-c3ccccc3)c2c1. The summed E-state index contributed by atoms with van der Waals surface area (Å²) in [5.41, 5.74) is 3.62. The van der Waals surface area contributed by atoms with Gasteiger partial charge >= 0.3 is 0 Å². The minimum Gasteiger partial charge on any atom is -0.236 e. The molecule has 0 aliphatic rings. The molecule has 0 amide bonds. The standard InChI is InChI=1S/C22H17NO2S/c1-16-12-13-21-20(14-16)19(17-8-4-2-5-9-17)15-22(23-21)26(24,25)18-10-6-3-7-11-18/h2-15H,1H3. The van der Waals surface area contributed by atoms with E-state index >= 15 is 0 Å². The van der Waals surface area contributed by atoms with Gasteiger partial charge in [0.1, 0.15) is 0 Å². The first-order valence-electron chi connectivity index (χ1n) is 8.33. The number of nitrogens with zero attached hydrogens (tertiary/aromatic N) is 1. The van der Waals surface area contributed by atoms with Crippen LogP contribution in [0.3, 0.4) is 0 Å². The van der Waals surface area contributed by atoms with E-state index in [1.807, 2.05) is 55.5 Å². The molecular formula is C22H17NO2S. The minimum atomic E-state index is -3.68. The van der Waals surface area contributed by atoms with Crippen molar-refractivity contribution < 1.29 is 8.42 Å². The third kappa shape index (κ3) is 2.89. The third-order valence-electron chi connectivity index (χ3n) is 4.35. The highest BCUT2D eigenvalue weighted by Gasteiger charge is 2.21. The fraction of sp³-hybridized carbons (Fsp3) is 0.0455. The second kappa shape index (κ2) is 6.39. The number of aryl methyl sites for hydroxylation is 1. The molecule has 4 heteroatoms. The van der Waals surface area contributed by atoms with Gasteiger partial charge in [0, 0.05) is 5.39 Å². The molecule has 0 bridgehead atoms. The maximum atomic E-state index is 13.1. The van der Waals surface area contributed by atoms with E-state index in [1.165, 1.54) is 0 Å². The van der Waals surface area contributed by atoms with E-state index in [-0.39, 0.29) is 9.92 Å². The fourth-order valence-corrected chi connectivity index (χ4v) is 4.28. The zero-order valence-electron chi connectivity index (χ0n) is 14.3. The first-order chi connectivity index (χ1) is 12.6. The van der Waals surface area contributed by atoms with Crippen molar-refractivity contribution in [1.82, 2.24) is 4.98 Å². The molecule has 0 saturated carbocycles. The molecular weight excluding hydrogens is 342 g/mol. The summed E-state index contributed by atoms with van der Waals surface area (Å²) in [7, 11) is -3.68. The van der Waals surface area contributed by atoms with Crippen LogP contribution in [0.2, 0.25) is 0 Å². The number of hydrogen-bond donors (Lipinski definition) is 0. The number of sulfone groups is 1. The van der Waals surface area contributed by atoms with Crippen LogP contribution in [0.5, 0.6) is 0 Å². The average Bonchev–Trinajstić information content (AvgIpc) is 2.68. The second-order valence-electron chi connectivity index (χ2n) is 6.21. The predicted molar refractivity (Wildman–Crippen MR) is 104 cm³/mol. The van der Waals surface area contributed by atoms with E-state index in [9.17, 15) is 8.42 Å². The maximum Gasteiger partial charge on any atom is 0.223 e. The molecule has 4 rings (SSSR count). The van der Waals surface area contributed by atoms with Crippen molar-refractivity contribution in [2.75, 3.05) is 0 Å². The zero-order valence-corrected chi connectivity index (χ0v) is 15.1. The van der Waals surface area contributed by atoms with Crippen LogP contribution in [0.1, 0.15) is 5.56 Å². The third-order valence-corrected chi connectivity index (χ3v) is 6.01. The Balaban J connectivity index is 2.03. The van der Waals surface area contributed by atoms with Crippen molar-refractivity contribution in [3.05, 3.63) is 90.5 Å². The molecule has 4 aromatic rings. The molecule has 3 nitrogen and oxygen atoms in total. The van der Waals surface area contributed by atoms with Gasteiger partial charge in [-0.25, -0.2) is 13.4 Å². The summed E-state index contributed by atoms with van der Waals surface area (Å²) >= 11 is 0. The lowest BCUT2D eigenvalue weighted by molar-refractivity contribution is 0.593. The summed E-state index contributed by atoms with van der Waals surface area (Å²) in [5, 5.41) is 1.02. The summed E-state index contributed by atoms with van der Waals surface area (Å²) in [5.74, 6) is 0. The molecule has 0 aliphatic heterocycles. The molecule has 128 valence electrons. The lowest BCUT2D eigenvalue weighted by atomic mass is 10.0.